The van der Waals surface area contributed by atoms with E-state index in [4.69, 9.17) is 10.2 Å². The highest BCUT2D eigenvalue weighted by molar-refractivity contribution is 5.93. The number of ether oxygens (including phenoxy) is 1. The second-order valence-electron chi connectivity index (χ2n) is 3.83. The zero-order chi connectivity index (χ0) is 13.3. The van der Waals surface area contributed by atoms with Crippen molar-refractivity contribution in [1.82, 2.24) is 0 Å². The van der Waals surface area contributed by atoms with Crippen LogP contribution >= 0.6 is 0 Å². The smallest absolute Gasteiger partial charge is 0.331 e. The van der Waals surface area contributed by atoms with Crippen LogP contribution in [0.1, 0.15) is 32.1 Å². The van der Waals surface area contributed by atoms with Crippen LogP contribution in [-0.4, -0.2) is 35.9 Å². The molecule has 0 heterocycles. The topological polar surface area (TPSA) is 83.8 Å². The van der Waals surface area contributed by atoms with Gasteiger partial charge in [0.25, 0.3) is 0 Å². The van der Waals surface area contributed by atoms with Crippen molar-refractivity contribution < 1.29 is 24.5 Å². The van der Waals surface area contributed by atoms with Gasteiger partial charge < -0.3 is 14.9 Å². The Labute approximate surface area is 101 Å². The Bertz CT molecular complexity index is 272. The first kappa shape index (κ1) is 15.6. The molecule has 0 rings (SSSR count). The molecule has 5 nitrogen and oxygen atoms in total. The van der Waals surface area contributed by atoms with Crippen LogP contribution in [0.2, 0.25) is 0 Å². The predicted molar refractivity (Wildman–Crippen MR) is 62.5 cm³/mol. The summed E-state index contributed by atoms with van der Waals surface area (Å²) < 4.78 is 4.56. The molecule has 0 saturated carbocycles. The van der Waals surface area contributed by atoms with Gasteiger partial charge in [0.15, 0.2) is 0 Å². The number of carboxylic acid groups (broad SMARTS) is 1. The largest absolute Gasteiger partial charge is 0.478 e. The minimum absolute atomic E-state index is 0.126. The fraction of sp³-hybridized carbons (Fsp3) is 0.667. The van der Waals surface area contributed by atoms with Gasteiger partial charge in [0.1, 0.15) is 0 Å². The van der Waals surface area contributed by atoms with E-state index in [0.29, 0.717) is 12.8 Å². The quantitative estimate of drug-likeness (QED) is 0.363. The lowest BCUT2D eigenvalue weighted by Gasteiger charge is -2.14. The summed E-state index contributed by atoms with van der Waals surface area (Å²) in [6, 6.07) is 0. The summed E-state index contributed by atoms with van der Waals surface area (Å²) in [5.41, 5.74) is -0.126. The van der Waals surface area contributed by atoms with Crippen molar-refractivity contribution in [2.45, 2.75) is 32.1 Å². The third kappa shape index (κ3) is 6.06. The number of rotatable bonds is 9. The zero-order valence-corrected chi connectivity index (χ0v) is 10.1. The van der Waals surface area contributed by atoms with E-state index in [1.54, 1.807) is 0 Å². The molecule has 0 aliphatic carbocycles. The number of methoxy groups -OCH3 is 1. The Morgan fingerprint density at radius 2 is 1.82 bits per heavy atom. The molecule has 0 bridgehead atoms. The van der Waals surface area contributed by atoms with Gasteiger partial charge in [-0.05, 0) is 12.8 Å². The number of carbonyl (C=O) groups is 2. The van der Waals surface area contributed by atoms with Crippen LogP contribution in [0.5, 0.6) is 0 Å². The third-order valence-electron chi connectivity index (χ3n) is 2.58. The van der Waals surface area contributed by atoms with Crippen LogP contribution in [0, 0.1) is 5.92 Å². The second kappa shape index (κ2) is 8.75. The number of aliphatic hydroxyl groups is 1. The average Bonchev–Trinajstić information content (AvgIpc) is 2.32. The molecule has 0 saturated heterocycles. The van der Waals surface area contributed by atoms with E-state index >= 15 is 0 Å². The summed E-state index contributed by atoms with van der Waals surface area (Å²) in [5, 5.41) is 17.4. The molecule has 0 spiro atoms. The number of esters is 1. The maximum absolute atomic E-state index is 11.4. The van der Waals surface area contributed by atoms with Gasteiger partial charge >= 0.3 is 11.9 Å². The highest BCUT2D eigenvalue weighted by Crippen LogP contribution is 2.19. The van der Waals surface area contributed by atoms with Gasteiger partial charge in [-0.3, -0.25) is 4.79 Å². The van der Waals surface area contributed by atoms with Crippen LogP contribution in [0.25, 0.3) is 0 Å². The molecular formula is C12H20O5. The first-order valence-corrected chi connectivity index (χ1v) is 5.65. The minimum Gasteiger partial charge on any atom is -0.478 e. The van der Waals surface area contributed by atoms with Gasteiger partial charge in [-0.2, -0.15) is 0 Å². The van der Waals surface area contributed by atoms with Crippen molar-refractivity contribution in [3.8, 4) is 0 Å². The number of carboxylic acids is 1. The number of carbonyl (C=O) groups excluding carboxylic acids is 1. The van der Waals surface area contributed by atoms with Crippen LogP contribution in [0.3, 0.4) is 0 Å². The SMILES string of the molecule is C=C(C(=O)O)[C@H](CCCCCCO)C(=O)OC. The maximum atomic E-state index is 11.4. The molecule has 0 aliphatic heterocycles. The lowest BCUT2D eigenvalue weighted by atomic mass is 9.94. The summed E-state index contributed by atoms with van der Waals surface area (Å²) >= 11 is 0. The predicted octanol–water partition coefficient (Wildman–Crippen LogP) is 1.36. The number of hydrogen-bond donors (Lipinski definition) is 2. The maximum Gasteiger partial charge on any atom is 0.331 e. The van der Waals surface area contributed by atoms with Gasteiger partial charge in [0.05, 0.1) is 13.0 Å². The van der Waals surface area contributed by atoms with E-state index in [0.717, 1.165) is 19.3 Å². The van der Waals surface area contributed by atoms with E-state index in [1.807, 2.05) is 0 Å². The highest BCUT2D eigenvalue weighted by Gasteiger charge is 2.26. The number of aliphatic hydroxyl groups excluding tert-OH is 1. The standard InChI is InChI=1S/C12H20O5/c1-9(11(14)15)10(12(16)17-2)7-5-3-4-6-8-13/h10,13H,1,3-8H2,2H3,(H,14,15)/t10-/m0/s1. The van der Waals surface area contributed by atoms with Crippen LogP contribution in [0.4, 0.5) is 0 Å². The van der Waals surface area contributed by atoms with E-state index in [9.17, 15) is 9.59 Å². The number of unbranched alkanes of at least 4 members (excludes halogenated alkanes) is 3. The molecule has 0 aromatic heterocycles. The normalized spacial score (nSPS) is 11.9. The molecule has 0 aromatic rings. The summed E-state index contributed by atoms with van der Waals surface area (Å²) in [6.07, 6.45) is 3.57. The first-order valence-electron chi connectivity index (χ1n) is 5.65. The van der Waals surface area contributed by atoms with Crippen LogP contribution < -0.4 is 0 Å². The van der Waals surface area contributed by atoms with Gasteiger partial charge in [-0.25, -0.2) is 4.79 Å². The lowest BCUT2D eigenvalue weighted by molar-refractivity contribution is -0.146. The second-order valence-corrected chi connectivity index (χ2v) is 3.83. The van der Waals surface area contributed by atoms with Crippen LogP contribution in [0.15, 0.2) is 12.2 Å². The molecule has 0 fully saturated rings. The number of aliphatic carboxylic acids is 1. The molecule has 0 aromatic carbocycles. The summed E-state index contributed by atoms with van der Waals surface area (Å²) in [6.45, 7) is 3.55. The highest BCUT2D eigenvalue weighted by atomic mass is 16.5. The van der Waals surface area contributed by atoms with Crippen LogP contribution in [-0.2, 0) is 14.3 Å². The van der Waals surface area contributed by atoms with Crippen molar-refractivity contribution in [3.63, 3.8) is 0 Å². The molecule has 5 heteroatoms. The van der Waals surface area contributed by atoms with Crippen molar-refractivity contribution in [1.29, 1.82) is 0 Å². The molecule has 17 heavy (non-hydrogen) atoms. The molecule has 98 valence electrons. The lowest BCUT2D eigenvalue weighted by Crippen LogP contribution is -2.22. The van der Waals surface area contributed by atoms with Gasteiger partial charge in [0, 0.05) is 12.2 Å². The average molecular weight is 244 g/mol. The van der Waals surface area contributed by atoms with E-state index in [1.165, 1.54) is 7.11 Å². The fourth-order valence-corrected chi connectivity index (χ4v) is 1.54. The Morgan fingerprint density at radius 1 is 1.24 bits per heavy atom. The minimum atomic E-state index is -1.17. The molecule has 0 amide bonds. The summed E-state index contributed by atoms with van der Waals surface area (Å²) in [4.78, 5) is 22.1. The zero-order valence-electron chi connectivity index (χ0n) is 10.1. The van der Waals surface area contributed by atoms with Crippen molar-refractivity contribution in [2.75, 3.05) is 13.7 Å². The monoisotopic (exact) mass is 244 g/mol. The Morgan fingerprint density at radius 3 is 2.29 bits per heavy atom. The van der Waals surface area contributed by atoms with Crippen molar-refractivity contribution in [3.05, 3.63) is 12.2 Å². The van der Waals surface area contributed by atoms with Crippen molar-refractivity contribution in [2.24, 2.45) is 5.92 Å². The molecule has 0 unspecified atom stereocenters. The van der Waals surface area contributed by atoms with Crippen molar-refractivity contribution >= 4 is 11.9 Å². The van der Waals surface area contributed by atoms with E-state index in [2.05, 4.69) is 11.3 Å². The Hall–Kier alpha value is -1.36. The first-order chi connectivity index (χ1) is 8.04. The summed E-state index contributed by atoms with van der Waals surface area (Å²) in [7, 11) is 1.23. The molecule has 2 N–H and O–H groups in total. The number of hydrogen-bond acceptors (Lipinski definition) is 4. The Balaban J connectivity index is 4.17. The van der Waals surface area contributed by atoms with Gasteiger partial charge in [-0.15, -0.1) is 0 Å². The molecule has 0 aliphatic rings. The van der Waals surface area contributed by atoms with E-state index < -0.39 is 17.9 Å². The molecule has 0 radical (unpaired) electrons. The van der Waals surface area contributed by atoms with Gasteiger partial charge in [-0.1, -0.05) is 25.8 Å². The molecular weight excluding hydrogens is 224 g/mol. The van der Waals surface area contributed by atoms with Gasteiger partial charge in [0.2, 0.25) is 0 Å². The third-order valence-corrected chi connectivity index (χ3v) is 2.58. The fourth-order valence-electron chi connectivity index (χ4n) is 1.54. The Kier molecular flexibility index (Phi) is 8.05. The van der Waals surface area contributed by atoms with E-state index in [-0.39, 0.29) is 12.2 Å². The summed E-state index contributed by atoms with van der Waals surface area (Å²) in [5.74, 6) is -2.50. The molecule has 1 atom stereocenters.